The molecular formula is C23H32N4O4. The maximum atomic E-state index is 12.7. The van der Waals surface area contributed by atoms with Crippen LogP contribution in [0.3, 0.4) is 0 Å². The standard InChI is InChI=1S/C23H32N4O4/c1-3-11-27(21(28)4-2)15-18-6-5-12-26(18)16-19-7-8-20(31-19)23(30)25-13-9-17(10-14-25)22(24)29/h5-8,12,17H,3-4,9-11,13-16H2,1-2H3,(H2,24,29). The Hall–Kier alpha value is -3.03. The van der Waals surface area contributed by atoms with Gasteiger partial charge in [-0.15, -0.1) is 0 Å². The number of aromatic nitrogens is 1. The Morgan fingerprint density at radius 1 is 1.16 bits per heavy atom. The Bertz CT molecular complexity index is 908. The molecule has 1 fully saturated rings. The zero-order valence-electron chi connectivity index (χ0n) is 18.4. The average molecular weight is 429 g/mol. The molecule has 2 aromatic rings. The molecule has 1 aliphatic rings. The number of piperidine rings is 1. The van der Waals surface area contributed by atoms with Crippen LogP contribution in [0.25, 0.3) is 0 Å². The fourth-order valence-electron chi connectivity index (χ4n) is 4.00. The highest BCUT2D eigenvalue weighted by Crippen LogP contribution is 2.20. The van der Waals surface area contributed by atoms with Gasteiger partial charge in [0.15, 0.2) is 5.76 Å². The second kappa shape index (κ2) is 10.3. The summed E-state index contributed by atoms with van der Waals surface area (Å²) in [7, 11) is 0. The summed E-state index contributed by atoms with van der Waals surface area (Å²) in [5.74, 6) is 0.500. The highest BCUT2D eigenvalue weighted by Gasteiger charge is 2.28. The van der Waals surface area contributed by atoms with Crippen LogP contribution in [0.1, 0.15) is 61.5 Å². The van der Waals surface area contributed by atoms with Gasteiger partial charge in [0.2, 0.25) is 11.8 Å². The molecule has 0 spiro atoms. The van der Waals surface area contributed by atoms with Gasteiger partial charge in [-0.2, -0.15) is 0 Å². The number of primary amides is 1. The fraction of sp³-hybridized carbons (Fsp3) is 0.522. The number of nitrogens with zero attached hydrogens (tertiary/aromatic N) is 3. The topological polar surface area (TPSA) is 102 Å². The van der Waals surface area contributed by atoms with E-state index < -0.39 is 0 Å². The van der Waals surface area contributed by atoms with E-state index in [1.807, 2.05) is 40.8 Å². The lowest BCUT2D eigenvalue weighted by molar-refractivity contribution is -0.131. The summed E-state index contributed by atoms with van der Waals surface area (Å²) < 4.78 is 7.88. The molecule has 1 saturated heterocycles. The van der Waals surface area contributed by atoms with Crippen LogP contribution >= 0.6 is 0 Å². The lowest BCUT2D eigenvalue weighted by atomic mass is 9.96. The van der Waals surface area contributed by atoms with Gasteiger partial charge in [-0.3, -0.25) is 14.4 Å². The van der Waals surface area contributed by atoms with E-state index in [1.54, 1.807) is 11.0 Å². The van der Waals surface area contributed by atoms with E-state index in [-0.39, 0.29) is 23.6 Å². The van der Waals surface area contributed by atoms with E-state index in [4.69, 9.17) is 10.2 Å². The van der Waals surface area contributed by atoms with Gasteiger partial charge >= 0.3 is 0 Å². The van der Waals surface area contributed by atoms with Gasteiger partial charge in [-0.1, -0.05) is 13.8 Å². The van der Waals surface area contributed by atoms with Crippen molar-refractivity contribution in [1.29, 1.82) is 0 Å². The van der Waals surface area contributed by atoms with Gasteiger partial charge in [0, 0.05) is 43.9 Å². The third-order valence-corrected chi connectivity index (χ3v) is 5.81. The molecule has 0 aliphatic carbocycles. The normalized spacial score (nSPS) is 14.6. The monoisotopic (exact) mass is 428 g/mol. The zero-order chi connectivity index (χ0) is 22.4. The van der Waals surface area contributed by atoms with Crippen molar-refractivity contribution in [1.82, 2.24) is 14.4 Å². The van der Waals surface area contributed by atoms with Crippen molar-refractivity contribution < 1.29 is 18.8 Å². The Kier molecular flexibility index (Phi) is 7.55. The second-order valence-electron chi connectivity index (χ2n) is 8.03. The zero-order valence-corrected chi connectivity index (χ0v) is 18.4. The summed E-state index contributed by atoms with van der Waals surface area (Å²) in [6.07, 6.45) is 4.53. The smallest absolute Gasteiger partial charge is 0.289 e. The molecule has 1 aliphatic heterocycles. The van der Waals surface area contributed by atoms with Crippen LogP contribution in [-0.4, -0.2) is 51.7 Å². The van der Waals surface area contributed by atoms with Crippen molar-refractivity contribution in [2.45, 2.75) is 52.6 Å². The quantitative estimate of drug-likeness (QED) is 0.663. The number of amides is 3. The van der Waals surface area contributed by atoms with Crippen molar-refractivity contribution in [3.05, 3.63) is 47.7 Å². The average Bonchev–Trinajstić information content (AvgIpc) is 3.42. The SMILES string of the molecule is CCCN(Cc1cccn1Cc1ccc(C(=O)N2CCC(C(N)=O)CC2)o1)C(=O)CC. The number of hydrogen-bond donors (Lipinski definition) is 1. The predicted octanol–water partition coefficient (Wildman–Crippen LogP) is 2.62. The predicted molar refractivity (Wildman–Crippen MR) is 116 cm³/mol. The Balaban J connectivity index is 1.63. The van der Waals surface area contributed by atoms with Crippen molar-refractivity contribution in [2.75, 3.05) is 19.6 Å². The molecule has 3 heterocycles. The molecule has 0 aromatic carbocycles. The van der Waals surface area contributed by atoms with Gasteiger partial charge in [0.05, 0.1) is 13.1 Å². The van der Waals surface area contributed by atoms with Crippen LogP contribution in [0.2, 0.25) is 0 Å². The van der Waals surface area contributed by atoms with Gasteiger partial charge in [-0.05, 0) is 43.5 Å². The van der Waals surface area contributed by atoms with Crippen LogP contribution < -0.4 is 5.73 Å². The first-order valence-electron chi connectivity index (χ1n) is 11.0. The van der Waals surface area contributed by atoms with Crippen molar-refractivity contribution in [3.8, 4) is 0 Å². The van der Waals surface area contributed by atoms with Crippen molar-refractivity contribution >= 4 is 17.7 Å². The summed E-state index contributed by atoms with van der Waals surface area (Å²) in [5.41, 5.74) is 6.39. The highest BCUT2D eigenvalue weighted by atomic mass is 16.4. The number of carbonyl (C=O) groups is 3. The van der Waals surface area contributed by atoms with E-state index in [1.165, 1.54) is 0 Å². The molecule has 8 nitrogen and oxygen atoms in total. The van der Waals surface area contributed by atoms with Crippen LogP contribution in [0.15, 0.2) is 34.9 Å². The van der Waals surface area contributed by atoms with Gasteiger partial charge in [0.1, 0.15) is 5.76 Å². The second-order valence-corrected chi connectivity index (χ2v) is 8.03. The highest BCUT2D eigenvalue weighted by molar-refractivity contribution is 5.91. The lowest BCUT2D eigenvalue weighted by Gasteiger charge is -2.29. The molecule has 0 unspecified atom stereocenters. The van der Waals surface area contributed by atoms with E-state index in [9.17, 15) is 14.4 Å². The number of likely N-dealkylation sites (tertiary alicyclic amines) is 1. The molecule has 2 N–H and O–H groups in total. The molecule has 0 radical (unpaired) electrons. The van der Waals surface area contributed by atoms with Crippen LogP contribution in [0.4, 0.5) is 0 Å². The third-order valence-electron chi connectivity index (χ3n) is 5.81. The van der Waals surface area contributed by atoms with Gasteiger partial charge < -0.3 is 24.5 Å². The molecule has 0 bridgehead atoms. The first-order chi connectivity index (χ1) is 14.9. The number of hydrogen-bond acceptors (Lipinski definition) is 4. The number of nitrogens with two attached hydrogens (primary N) is 1. The van der Waals surface area contributed by atoms with E-state index in [0.29, 0.717) is 57.0 Å². The van der Waals surface area contributed by atoms with E-state index >= 15 is 0 Å². The molecule has 3 rings (SSSR count). The summed E-state index contributed by atoms with van der Waals surface area (Å²) >= 11 is 0. The van der Waals surface area contributed by atoms with Crippen LogP contribution in [-0.2, 0) is 22.7 Å². The number of carbonyl (C=O) groups excluding carboxylic acids is 3. The fourth-order valence-corrected chi connectivity index (χ4v) is 4.00. The maximum Gasteiger partial charge on any atom is 0.289 e. The Morgan fingerprint density at radius 2 is 1.90 bits per heavy atom. The number of rotatable bonds is 9. The molecule has 0 saturated carbocycles. The largest absolute Gasteiger partial charge is 0.454 e. The van der Waals surface area contributed by atoms with Crippen molar-refractivity contribution in [3.63, 3.8) is 0 Å². The first-order valence-corrected chi connectivity index (χ1v) is 11.0. The summed E-state index contributed by atoms with van der Waals surface area (Å²) in [5, 5.41) is 0. The van der Waals surface area contributed by atoms with Crippen LogP contribution in [0, 0.1) is 5.92 Å². The van der Waals surface area contributed by atoms with Crippen LogP contribution in [0.5, 0.6) is 0 Å². The third kappa shape index (κ3) is 5.57. The van der Waals surface area contributed by atoms with Crippen molar-refractivity contribution in [2.24, 2.45) is 11.7 Å². The van der Waals surface area contributed by atoms with E-state index in [0.717, 1.165) is 18.7 Å². The van der Waals surface area contributed by atoms with Gasteiger partial charge in [-0.25, -0.2) is 0 Å². The minimum absolute atomic E-state index is 0.139. The summed E-state index contributed by atoms with van der Waals surface area (Å²) in [6.45, 7) is 6.71. The first kappa shape index (κ1) is 22.7. The summed E-state index contributed by atoms with van der Waals surface area (Å²) in [6, 6.07) is 7.47. The number of furan rings is 1. The molecule has 2 aromatic heterocycles. The molecule has 0 atom stereocenters. The molecule has 31 heavy (non-hydrogen) atoms. The maximum absolute atomic E-state index is 12.7. The molecular weight excluding hydrogens is 396 g/mol. The molecule has 3 amide bonds. The Morgan fingerprint density at radius 3 is 2.55 bits per heavy atom. The lowest BCUT2D eigenvalue weighted by Crippen LogP contribution is -2.41. The van der Waals surface area contributed by atoms with E-state index in [2.05, 4.69) is 6.92 Å². The minimum atomic E-state index is -0.298. The summed E-state index contributed by atoms with van der Waals surface area (Å²) in [4.78, 5) is 39.9. The molecule has 168 valence electrons. The minimum Gasteiger partial charge on any atom is -0.454 e. The molecule has 8 heteroatoms. The van der Waals surface area contributed by atoms with Gasteiger partial charge in [0.25, 0.3) is 5.91 Å². The Labute approximate surface area is 183 Å².